The smallest absolute Gasteiger partial charge is 0.221 e. The Morgan fingerprint density at radius 2 is 2.20 bits per heavy atom. The fraction of sp³-hybridized carbons (Fsp3) is 0.412. The van der Waals surface area contributed by atoms with Crippen LogP contribution in [-0.4, -0.2) is 10.9 Å². The topological polar surface area (TPSA) is 56.0 Å². The van der Waals surface area contributed by atoms with Crippen molar-refractivity contribution in [3.63, 3.8) is 0 Å². The predicted octanol–water partition coefficient (Wildman–Crippen LogP) is 3.52. The molecule has 3 heteroatoms. The summed E-state index contributed by atoms with van der Waals surface area (Å²) in [5.41, 5.74) is 7.36. The van der Waals surface area contributed by atoms with Crippen molar-refractivity contribution in [1.82, 2.24) is 4.98 Å². The Balaban J connectivity index is 2.86. The van der Waals surface area contributed by atoms with Crippen molar-refractivity contribution in [3.05, 3.63) is 53.9 Å². The van der Waals surface area contributed by atoms with Crippen LogP contribution in [-0.2, 0) is 11.2 Å². The molecule has 0 fully saturated rings. The normalized spacial score (nSPS) is 13.1. The van der Waals surface area contributed by atoms with Crippen LogP contribution in [0.1, 0.15) is 50.2 Å². The fourth-order valence-electron chi connectivity index (χ4n) is 2.13. The van der Waals surface area contributed by atoms with Gasteiger partial charge in [0.05, 0.1) is 6.42 Å². The van der Waals surface area contributed by atoms with Crippen LogP contribution in [0.15, 0.2) is 42.8 Å². The van der Waals surface area contributed by atoms with Gasteiger partial charge in [-0.1, -0.05) is 44.6 Å². The fourth-order valence-corrected chi connectivity index (χ4v) is 2.13. The number of carbonyl (C=O) groups is 1. The molecule has 1 unspecified atom stereocenters. The molecule has 0 bridgehead atoms. The van der Waals surface area contributed by atoms with Crippen LogP contribution in [0.5, 0.6) is 0 Å². The van der Waals surface area contributed by atoms with Crippen molar-refractivity contribution in [2.24, 2.45) is 5.73 Å². The molecule has 0 saturated carbocycles. The molecule has 1 atom stereocenters. The Kier molecular flexibility index (Phi) is 7.33. The number of nitrogens with two attached hydrogens (primary N) is 1. The maximum Gasteiger partial charge on any atom is 0.221 e. The van der Waals surface area contributed by atoms with E-state index in [9.17, 15) is 4.79 Å². The first-order chi connectivity index (χ1) is 9.69. The lowest BCUT2D eigenvalue weighted by molar-refractivity contribution is -0.117. The van der Waals surface area contributed by atoms with E-state index in [1.54, 1.807) is 12.4 Å². The van der Waals surface area contributed by atoms with E-state index >= 15 is 0 Å². The summed E-state index contributed by atoms with van der Waals surface area (Å²) < 4.78 is 0. The molecule has 0 radical (unpaired) electrons. The van der Waals surface area contributed by atoms with Gasteiger partial charge in [-0.3, -0.25) is 9.78 Å². The van der Waals surface area contributed by atoms with Gasteiger partial charge in [0.2, 0.25) is 5.91 Å². The number of hydrogen-bond donors (Lipinski definition) is 1. The highest BCUT2D eigenvalue weighted by Crippen LogP contribution is 2.24. The number of amides is 1. The van der Waals surface area contributed by atoms with Crippen LogP contribution in [0, 0.1) is 0 Å². The van der Waals surface area contributed by atoms with E-state index in [4.69, 9.17) is 5.73 Å². The number of hydrogen-bond acceptors (Lipinski definition) is 2. The van der Waals surface area contributed by atoms with Crippen LogP contribution in [0.2, 0.25) is 0 Å². The third-order valence-electron chi connectivity index (χ3n) is 3.19. The number of rotatable bonds is 8. The molecule has 1 aromatic rings. The zero-order chi connectivity index (χ0) is 14.8. The lowest BCUT2D eigenvalue weighted by Crippen LogP contribution is -2.15. The van der Waals surface area contributed by atoms with Gasteiger partial charge in [0.25, 0.3) is 0 Å². The third-order valence-corrected chi connectivity index (χ3v) is 3.19. The highest BCUT2D eigenvalue weighted by atomic mass is 16.1. The molecule has 108 valence electrons. The molecular formula is C17H24N2O. The summed E-state index contributed by atoms with van der Waals surface area (Å²) in [7, 11) is 0. The second kappa shape index (κ2) is 9.08. The Bertz CT molecular complexity index is 478. The van der Waals surface area contributed by atoms with E-state index in [-0.39, 0.29) is 12.3 Å². The van der Waals surface area contributed by atoms with E-state index in [1.807, 2.05) is 6.07 Å². The molecule has 1 amide bonds. The number of unbranched alkanes of at least 4 members (excludes halogenated alkanes) is 1. The van der Waals surface area contributed by atoms with Gasteiger partial charge in [0, 0.05) is 18.3 Å². The van der Waals surface area contributed by atoms with E-state index in [1.165, 1.54) is 0 Å². The largest absolute Gasteiger partial charge is 0.369 e. The number of aromatic nitrogens is 1. The van der Waals surface area contributed by atoms with Gasteiger partial charge in [0.1, 0.15) is 0 Å². The van der Waals surface area contributed by atoms with Crippen molar-refractivity contribution < 1.29 is 4.79 Å². The highest BCUT2D eigenvalue weighted by molar-refractivity contribution is 5.77. The lowest BCUT2D eigenvalue weighted by atomic mass is 9.91. The SMILES string of the molecule is CCC/C=C/C=C\C(CC)c1ccncc1CC(N)=O. The maximum atomic E-state index is 11.1. The predicted molar refractivity (Wildman–Crippen MR) is 83.4 cm³/mol. The van der Waals surface area contributed by atoms with Crippen LogP contribution in [0.3, 0.4) is 0 Å². The average Bonchev–Trinajstić information content (AvgIpc) is 2.43. The number of carbonyl (C=O) groups excluding carboxylic acids is 1. The summed E-state index contributed by atoms with van der Waals surface area (Å²) in [6, 6.07) is 1.98. The average molecular weight is 272 g/mol. The molecule has 0 aliphatic heterocycles. The maximum absolute atomic E-state index is 11.1. The van der Waals surface area contributed by atoms with Crippen molar-refractivity contribution in [1.29, 1.82) is 0 Å². The van der Waals surface area contributed by atoms with Gasteiger partial charge in [-0.15, -0.1) is 0 Å². The minimum Gasteiger partial charge on any atom is -0.369 e. The van der Waals surface area contributed by atoms with Gasteiger partial charge >= 0.3 is 0 Å². The van der Waals surface area contributed by atoms with Gasteiger partial charge in [0.15, 0.2) is 0 Å². The number of nitrogens with zero attached hydrogens (tertiary/aromatic N) is 1. The van der Waals surface area contributed by atoms with Crippen LogP contribution < -0.4 is 5.73 Å². The molecule has 0 aliphatic carbocycles. The molecule has 1 heterocycles. The molecule has 3 nitrogen and oxygen atoms in total. The van der Waals surface area contributed by atoms with Gasteiger partial charge in [-0.05, 0) is 30.0 Å². The standard InChI is InChI=1S/C17H24N2O/c1-3-5-6-7-8-9-14(4-2)16-10-11-19-13-15(16)12-17(18)20/h6-11,13-14H,3-5,12H2,1-2H3,(H2,18,20)/b7-6+,9-8-. The minimum absolute atomic E-state index is 0.249. The molecule has 1 aromatic heterocycles. The zero-order valence-electron chi connectivity index (χ0n) is 12.4. The van der Waals surface area contributed by atoms with Gasteiger partial charge in [-0.2, -0.15) is 0 Å². The minimum atomic E-state index is -0.319. The third kappa shape index (κ3) is 5.39. The van der Waals surface area contributed by atoms with Gasteiger partial charge in [-0.25, -0.2) is 0 Å². The van der Waals surface area contributed by atoms with Crippen molar-refractivity contribution >= 4 is 5.91 Å². The van der Waals surface area contributed by atoms with Crippen molar-refractivity contribution in [2.75, 3.05) is 0 Å². The Morgan fingerprint density at radius 1 is 1.40 bits per heavy atom. The van der Waals surface area contributed by atoms with Crippen LogP contribution in [0.25, 0.3) is 0 Å². The highest BCUT2D eigenvalue weighted by Gasteiger charge is 2.12. The van der Waals surface area contributed by atoms with Crippen LogP contribution in [0.4, 0.5) is 0 Å². The molecule has 0 saturated heterocycles. The molecule has 20 heavy (non-hydrogen) atoms. The molecule has 0 aromatic carbocycles. The molecular weight excluding hydrogens is 248 g/mol. The quantitative estimate of drug-likeness (QED) is 0.736. The Morgan fingerprint density at radius 3 is 2.85 bits per heavy atom. The molecule has 2 N–H and O–H groups in total. The number of pyridine rings is 1. The first-order valence-electron chi connectivity index (χ1n) is 7.23. The summed E-state index contributed by atoms with van der Waals surface area (Å²) in [6.45, 7) is 4.30. The molecule has 0 aliphatic rings. The second-order valence-electron chi connectivity index (χ2n) is 4.83. The van der Waals surface area contributed by atoms with Crippen molar-refractivity contribution in [2.45, 2.75) is 45.4 Å². The van der Waals surface area contributed by atoms with Gasteiger partial charge < -0.3 is 5.73 Å². The lowest BCUT2D eigenvalue weighted by Gasteiger charge is -2.14. The van der Waals surface area contributed by atoms with E-state index in [0.29, 0.717) is 5.92 Å². The number of allylic oxidation sites excluding steroid dienone is 4. The first-order valence-corrected chi connectivity index (χ1v) is 7.23. The summed E-state index contributed by atoms with van der Waals surface area (Å²) in [5.74, 6) is -0.0282. The Labute approximate surface area is 121 Å². The number of primary amides is 1. The molecule has 1 rings (SSSR count). The first kappa shape index (κ1) is 16.2. The Hall–Kier alpha value is -1.90. The summed E-state index contributed by atoms with van der Waals surface area (Å²) >= 11 is 0. The monoisotopic (exact) mass is 272 g/mol. The van der Waals surface area contributed by atoms with E-state index in [0.717, 1.165) is 30.4 Å². The van der Waals surface area contributed by atoms with E-state index in [2.05, 4.69) is 43.1 Å². The summed E-state index contributed by atoms with van der Waals surface area (Å²) in [5, 5.41) is 0. The summed E-state index contributed by atoms with van der Waals surface area (Å²) in [4.78, 5) is 15.2. The zero-order valence-corrected chi connectivity index (χ0v) is 12.4. The molecule has 0 spiro atoms. The summed E-state index contributed by atoms with van der Waals surface area (Å²) in [6.07, 6.45) is 15.5. The van der Waals surface area contributed by atoms with Crippen molar-refractivity contribution in [3.8, 4) is 0 Å². The van der Waals surface area contributed by atoms with Crippen LogP contribution >= 0.6 is 0 Å². The second-order valence-corrected chi connectivity index (χ2v) is 4.83. The van der Waals surface area contributed by atoms with E-state index < -0.39 is 0 Å².